The highest BCUT2D eigenvalue weighted by Crippen LogP contribution is 2.27. The van der Waals surface area contributed by atoms with Gasteiger partial charge >= 0.3 is 0 Å². The Morgan fingerprint density at radius 1 is 1.06 bits per heavy atom. The molecule has 0 aromatic heterocycles. The number of halogens is 1. The lowest BCUT2D eigenvalue weighted by molar-refractivity contribution is -0.118. The molecule has 2 heterocycles. The van der Waals surface area contributed by atoms with Crippen LogP contribution in [0.25, 0.3) is 0 Å². The molecule has 2 aliphatic heterocycles. The SMILES string of the molecule is O=C1NC(=O)[C@@H](Cc2ccc(CCNC(=O)c3cc(Cl)ccc3N3CCCCC3)cc2)S1. The molecule has 0 radical (unpaired) electrons. The molecule has 0 aliphatic carbocycles. The molecule has 0 bridgehead atoms. The molecular formula is C24H26ClN3O3S. The molecule has 4 rings (SSSR count). The second-order valence-electron chi connectivity index (χ2n) is 8.12. The highest BCUT2D eigenvalue weighted by Gasteiger charge is 2.31. The van der Waals surface area contributed by atoms with Gasteiger partial charge in [0.2, 0.25) is 5.91 Å². The zero-order chi connectivity index (χ0) is 22.5. The van der Waals surface area contributed by atoms with Gasteiger partial charge in [0.25, 0.3) is 11.1 Å². The average Bonchev–Trinajstić information content (AvgIpc) is 3.11. The molecule has 3 amide bonds. The van der Waals surface area contributed by atoms with Crippen molar-refractivity contribution in [3.63, 3.8) is 0 Å². The summed E-state index contributed by atoms with van der Waals surface area (Å²) in [5.74, 6) is -0.338. The van der Waals surface area contributed by atoms with Gasteiger partial charge in [0.05, 0.1) is 10.8 Å². The van der Waals surface area contributed by atoms with Crippen LogP contribution in [0, 0.1) is 0 Å². The maximum Gasteiger partial charge on any atom is 0.286 e. The number of thioether (sulfide) groups is 1. The van der Waals surface area contributed by atoms with Crippen LogP contribution in [0.5, 0.6) is 0 Å². The van der Waals surface area contributed by atoms with Crippen LogP contribution in [0.15, 0.2) is 42.5 Å². The Labute approximate surface area is 197 Å². The topological polar surface area (TPSA) is 78.5 Å². The summed E-state index contributed by atoms with van der Waals surface area (Å²) in [4.78, 5) is 38.2. The smallest absolute Gasteiger partial charge is 0.286 e. The van der Waals surface area contributed by atoms with E-state index in [0.717, 1.165) is 54.5 Å². The Bertz CT molecular complexity index is 1010. The van der Waals surface area contributed by atoms with Crippen molar-refractivity contribution in [2.24, 2.45) is 0 Å². The van der Waals surface area contributed by atoms with Gasteiger partial charge in [-0.15, -0.1) is 0 Å². The van der Waals surface area contributed by atoms with Crippen molar-refractivity contribution >= 4 is 46.1 Å². The van der Waals surface area contributed by atoms with Crippen LogP contribution < -0.4 is 15.5 Å². The lowest BCUT2D eigenvalue weighted by Gasteiger charge is -2.30. The number of amides is 3. The maximum atomic E-state index is 12.9. The van der Waals surface area contributed by atoms with E-state index in [1.807, 2.05) is 36.4 Å². The zero-order valence-corrected chi connectivity index (χ0v) is 19.3. The van der Waals surface area contributed by atoms with E-state index < -0.39 is 0 Å². The quantitative estimate of drug-likeness (QED) is 0.632. The second kappa shape index (κ2) is 10.4. The first-order chi connectivity index (χ1) is 15.5. The van der Waals surface area contributed by atoms with E-state index in [9.17, 15) is 14.4 Å². The number of hydrogen-bond donors (Lipinski definition) is 2. The van der Waals surface area contributed by atoms with Crippen LogP contribution in [0.3, 0.4) is 0 Å². The summed E-state index contributed by atoms with van der Waals surface area (Å²) in [6.07, 6.45) is 4.73. The van der Waals surface area contributed by atoms with Crippen LogP contribution in [0.2, 0.25) is 5.02 Å². The summed E-state index contributed by atoms with van der Waals surface area (Å²) < 4.78 is 0. The van der Waals surface area contributed by atoms with Crippen LogP contribution in [-0.2, 0) is 17.6 Å². The summed E-state index contributed by atoms with van der Waals surface area (Å²) in [5, 5.41) is 5.25. The molecule has 0 unspecified atom stereocenters. The number of nitrogens with zero attached hydrogens (tertiary/aromatic N) is 1. The molecule has 0 saturated carbocycles. The number of carbonyl (C=O) groups is 3. The molecule has 168 valence electrons. The fourth-order valence-electron chi connectivity index (χ4n) is 4.10. The number of nitrogens with one attached hydrogen (secondary N) is 2. The maximum absolute atomic E-state index is 12.9. The summed E-state index contributed by atoms with van der Waals surface area (Å²) in [5.41, 5.74) is 3.67. The molecule has 0 spiro atoms. The van der Waals surface area contributed by atoms with E-state index in [-0.39, 0.29) is 22.3 Å². The standard InChI is InChI=1S/C24H26ClN3O3S/c25-18-8-9-20(28-12-2-1-3-13-28)19(15-18)22(29)26-11-10-16-4-6-17(7-5-16)14-21-23(30)27-24(31)32-21/h4-9,15,21H,1-3,10-14H2,(H,26,29)(H,27,30,31)/t21-/m1/s1. The van der Waals surface area contributed by atoms with Crippen molar-refractivity contribution in [3.8, 4) is 0 Å². The Morgan fingerprint density at radius 3 is 2.47 bits per heavy atom. The van der Waals surface area contributed by atoms with Crippen molar-refractivity contribution < 1.29 is 14.4 Å². The lowest BCUT2D eigenvalue weighted by atomic mass is 10.0. The number of anilines is 1. The second-order valence-corrected chi connectivity index (χ2v) is 9.73. The molecule has 32 heavy (non-hydrogen) atoms. The number of piperidine rings is 1. The van der Waals surface area contributed by atoms with E-state index in [0.29, 0.717) is 30.0 Å². The summed E-state index contributed by atoms with van der Waals surface area (Å²) in [6, 6.07) is 13.5. The Balaban J connectivity index is 1.32. The zero-order valence-electron chi connectivity index (χ0n) is 17.7. The molecule has 6 nitrogen and oxygen atoms in total. The number of hydrogen-bond acceptors (Lipinski definition) is 5. The first-order valence-corrected chi connectivity index (χ1v) is 12.2. The fourth-order valence-corrected chi connectivity index (χ4v) is 5.13. The number of carbonyl (C=O) groups excluding carboxylic acids is 3. The normalized spacial score (nSPS) is 18.5. The predicted molar refractivity (Wildman–Crippen MR) is 129 cm³/mol. The van der Waals surface area contributed by atoms with Gasteiger partial charge in [0, 0.05) is 30.3 Å². The van der Waals surface area contributed by atoms with Gasteiger partial charge in [-0.3, -0.25) is 19.7 Å². The first kappa shape index (κ1) is 22.7. The Morgan fingerprint density at radius 2 is 1.78 bits per heavy atom. The molecule has 2 N–H and O–H groups in total. The van der Waals surface area contributed by atoms with Crippen LogP contribution in [-0.4, -0.2) is 41.9 Å². The summed E-state index contributed by atoms with van der Waals surface area (Å²) in [7, 11) is 0. The third-order valence-electron chi connectivity index (χ3n) is 5.81. The minimum absolute atomic E-state index is 0.112. The van der Waals surface area contributed by atoms with E-state index in [4.69, 9.17) is 11.6 Å². The highest BCUT2D eigenvalue weighted by atomic mass is 35.5. The van der Waals surface area contributed by atoms with Gasteiger partial charge < -0.3 is 10.2 Å². The largest absolute Gasteiger partial charge is 0.371 e. The highest BCUT2D eigenvalue weighted by molar-refractivity contribution is 8.15. The average molecular weight is 472 g/mol. The van der Waals surface area contributed by atoms with Crippen molar-refractivity contribution in [1.29, 1.82) is 0 Å². The molecule has 2 fully saturated rings. The Hall–Kier alpha value is -2.51. The molecular weight excluding hydrogens is 446 g/mol. The van der Waals surface area contributed by atoms with E-state index in [2.05, 4.69) is 15.5 Å². The minimum Gasteiger partial charge on any atom is -0.371 e. The van der Waals surface area contributed by atoms with Crippen molar-refractivity contribution in [2.45, 2.75) is 37.4 Å². The number of rotatable bonds is 7. The van der Waals surface area contributed by atoms with Crippen molar-refractivity contribution in [1.82, 2.24) is 10.6 Å². The van der Waals surface area contributed by atoms with Gasteiger partial charge in [-0.05, 0) is 61.4 Å². The third-order valence-corrected chi connectivity index (χ3v) is 7.03. The first-order valence-electron chi connectivity index (χ1n) is 10.9. The van der Waals surface area contributed by atoms with Crippen LogP contribution >= 0.6 is 23.4 Å². The molecule has 8 heteroatoms. The molecule has 2 aromatic carbocycles. The minimum atomic E-state index is -0.362. The van der Waals surface area contributed by atoms with E-state index in [1.165, 1.54) is 6.42 Å². The number of imide groups is 1. The lowest BCUT2D eigenvalue weighted by Crippen LogP contribution is -2.33. The van der Waals surface area contributed by atoms with E-state index >= 15 is 0 Å². The summed E-state index contributed by atoms with van der Waals surface area (Å²) >= 11 is 7.22. The molecule has 2 aromatic rings. The van der Waals surface area contributed by atoms with E-state index in [1.54, 1.807) is 6.07 Å². The van der Waals surface area contributed by atoms with Gasteiger partial charge in [-0.2, -0.15) is 0 Å². The van der Waals surface area contributed by atoms with Gasteiger partial charge in [-0.1, -0.05) is 47.6 Å². The number of benzene rings is 2. The monoisotopic (exact) mass is 471 g/mol. The van der Waals surface area contributed by atoms with Crippen molar-refractivity contribution in [2.75, 3.05) is 24.5 Å². The third kappa shape index (κ3) is 5.64. The van der Waals surface area contributed by atoms with Crippen LogP contribution in [0.4, 0.5) is 10.5 Å². The fraction of sp³-hybridized carbons (Fsp3) is 0.375. The molecule has 1 atom stereocenters. The molecule has 2 saturated heterocycles. The van der Waals surface area contributed by atoms with Crippen molar-refractivity contribution in [3.05, 3.63) is 64.2 Å². The molecule has 2 aliphatic rings. The van der Waals surface area contributed by atoms with Crippen LogP contribution in [0.1, 0.15) is 40.7 Å². The summed E-state index contributed by atoms with van der Waals surface area (Å²) in [6.45, 7) is 2.44. The predicted octanol–water partition coefficient (Wildman–Crippen LogP) is 4.20. The van der Waals surface area contributed by atoms with Gasteiger partial charge in [0.1, 0.15) is 0 Å². The van der Waals surface area contributed by atoms with Gasteiger partial charge in [0.15, 0.2) is 0 Å². The van der Waals surface area contributed by atoms with Gasteiger partial charge in [-0.25, -0.2) is 0 Å². The Kier molecular flexibility index (Phi) is 7.37.